The maximum absolute atomic E-state index is 12.0. The van der Waals surface area contributed by atoms with Crippen LogP contribution in [0.4, 0.5) is 0 Å². The van der Waals surface area contributed by atoms with Gasteiger partial charge in [-0.3, -0.25) is 9.69 Å². The van der Waals surface area contributed by atoms with E-state index in [0.29, 0.717) is 13.0 Å². The molecule has 0 saturated carbocycles. The molecule has 0 bridgehead atoms. The summed E-state index contributed by atoms with van der Waals surface area (Å²) in [5.74, 6) is 0.0904. The van der Waals surface area contributed by atoms with E-state index in [2.05, 4.69) is 16.3 Å². The van der Waals surface area contributed by atoms with Gasteiger partial charge in [-0.25, -0.2) is 0 Å². The quantitative estimate of drug-likeness (QED) is 0.847. The van der Waals surface area contributed by atoms with Gasteiger partial charge in [0.1, 0.15) is 0 Å². The second kappa shape index (κ2) is 7.06. The van der Waals surface area contributed by atoms with E-state index in [-0.39, 0.29) is 11.9 Å². The smallest absolute Gasteiger partial charge is 0.224 e. The number of hydrogen-bond acceptors (Lipinski definition) is 3. The number of aryl methyl sites for hydroxylation is 1. The maximum Gasteiger partial charge on any atom is 0.224 e. The minimum Gasteiger partial charge on any atom is -0.353 e. The highest BCUT2D eigenvalue weighted by molar-refractivity contribution is 5.78. The van der Waals surface area contributed by atoms with Crippen molar-refractivity contribution in [3.8, 4) is 6.07 Å². The molecule has 0 spiro atoms. The zero-order valence-electron chi connectivity index (χ0n) is 11.9. The van der Waals surface area contributed by atoms with Gasteiger partial charge in [0.05, 0.1) is 19.0 Å². The molecule has 1 aliphatic rings. The van der Waals surface area contributed by atoms with Gasteiger partial charge in [-0.05, 0) is 25.3 Å². The Hall–Kier alpha value is -1.86. The Balaban J connectivity index is 1.75. The second-order valence-electron chi connectivity index (χ2n) is 5.44. The van der Waals surface area contributed by atoms with Crippen LogP contribution in [0.2, 0.25) is 0 Å². The standard InChI is InChI=1S/C16H21N3O/c1-13-2-4-14(5-3-13)12-16(20)18-15-6-9-19(10-7-15)11-8-17/h2-5,15H,6-7,9-12H2,1H3,(H,18,20). The van der Waals surface area contributed by atoms with Crippen molar-refractivity contribution in [3.05, 3.63) is 35.4 Å². The largest absolute Gasteiger partial charge is 0.353 e. The Bertz CT molecular complexity index is 481. The van der Waals surface area contributed by atoms with Crippen LogP contribution in [-0.2, 0) is 11.2 Å². The van der Waals surface area contributed by atoms with Crippen molar-refractivity contribution in [2.75, 3.05) is 19.6 Å². The van der Waals surface area contributed by atoms with Crippen LogP contribution in [0, 0.1) is 18.3 Å². The van der Waals surface area contributed by atoms with Crippen molar-refractivity contribution >= 4 is 5.91 Å². The summed E-state index contributed by atoms with van der Waals surface area (Å²) in [5, 5.41) is 11.7. The number of carbonyl (C=O) groups excluding carboxylic acids is 1. The Morgan fingerprint density at radius 2 is 2.00 bits per heavy atom. The van der Waals surface area contributed by atoms with Gasteiger partial charge in [0.25, 0.3) is 0 Å². The summed E-state index contributed by atoms with van der Waals surface area (Å²) < 4.78 is 0. The Morgan fingerprint density at radius 3 is 2.60 bits per heavy atom. The first kappa shape index (κ1) is 14.5. The summed E-state index contributed by atoms with van der Waals surface area (Å²) in [7, 11) is 0. The number of carbonyl (C=O) groups is 1. The highest BCUT2D eigenvalue weighted by atomic mass is 16.1. The summed E-state index contributed by atoms with van der Waals surface area (Å²) in [6.07, 6.45) is 2.31. The fraction of sp³-hybridized carbons (Fsp3) is 0.500. The summed E-state index contributed by atoms with van der Waals surface area (Å²) in [6, 6.07) is 10.5. The molecule has 1 N–H and O–H groups in total. The molecule has 1 heterocycles. The zero-order valence-corrected chi connectivity index (χ0v) is 11.9. The number of nitrogens with one attached hydrogen (secondary N) is 1. The number of hydrogen-bond donors (Lipinski definition) is 1. The lowest BCUT2D eigenvalue weighted by Crippen LogP contribution is -2.45. The molecule has 1 saturated heterocycles. The molecule has 0 atom stereocenters. The Labute approximate surface area is 120 Å². The first-order chi connectivity index (χ1) is 9.67. The number of nitriles is 1. The molecule has 1 aromatic carbocycles. The molecule has 4 heteroatoms. The fourth-order valence-corrected chi connectivity index (χ4v) is 2.51. The van der Waals surface area contributed by atoms with Crippen molar-refractivity contribution in [2.24, 2.45) is 0 Å². The highest BCUT2D eigenvalue weighted by Gasteiger charge is 2.20. The molecular weight excluding hydrogens is 250 g/mol. The molecular formula is C16H21N3O. The van der Waals surface area contributed by atoms with Crippen LogP contribution in [0.25, 0.3) is 0 Å². The van der Waals surface area contributed by atoms with Gasteiger partial charge >= 0.3 is 0 Å². The van der Waals surface area contributed by atoms with Crippen molar-refractivity contribution in [1.29, 1.82) is 5.26 Å². The zero-order chi connectivity index (χ0) is 14.4. The van der Waals surface area contributed by atoms with E-state index in [0.717, 1.165) is 31.5 Å². The van der Waals surface area contributed by atoms with Gasteiger partial charge in [-0.1, -0.05) is 29.8 Å². The van der Waals surface area contributed by atoms with E-state index in [9.17, 15) is 4.79 Å². The normalized spacial score (nSPS) is 16.6. The van der Waals surface area contributed by atoms with E-state index in [1.807, 2.05) is 31.2 Å². The Morgan fingerprint density at radius 1 is 1.35 bits per heavy atom. The number of likely N-dealkylation sites (tertiary alicyclic amines) is 1. The van der Waals surface area contributed by atoms with Crippen LogP contribution in [0.5, 0.6) is 0 Å². The average Bonchev–Trinajstić information content (AvgIpc) is 2.44. The Kier molecular flexibility index (Phi) is 5.14. The summed E-state index contributed by atoms with van der Waals surface area (Å²) in [6.45, 7) is 4.31. The molecule has 0 aliphatic carbocycles. The summed E-state index contributed by atoms with van der Waals surface area (Å²) >= 11 is 0. The third-order valence-electron chi connectivity index (χ3n) is 3.73. The van der Waals surface area contributed by atoms with Gasteiger partial charge in [0.2, 0.25) is 5.91 Å². The van der Waals surface area contributed by atoms with Crippen LogP contribution in [0.1, 0.15) is 24.0 Å². The molecule has 1 aliphatic heterocycles. The van der Waals surface area contributed by atoms with E-state index in [1.165, 1.54) is 5.56 Å². The van der Waals surface area contributed by atoms with Crippen molar-refractivity contribution in [3.63, 3.8) is 0 Å². The average molecular weight is 271 g/mol. The lowest BCUT2D eigenvalue weighted by atomic mass is 10.0. The third kappa shape index (κ3) is 4.36. The number of benzene rings is 1. The van der Waals surface area contributed by atoms with E-state index >= 15 is 0 Å². The van der Waals surface area contributed by atoms with Gasteiger partial charge in [0.15, 0.2) is 0 Å². The number of piperidine rings is 1. The molecule has 2 rings (SSSR count). The predicted molar refractivity (Wildman–Crippen MR) is 78.1 cm³/mol. The maximum atomic E-state index is 12.0. The van der Waals surface area contributed by atoms with Crippen LogP contribution in [-0.4, -0.2) is 36.5 Å². The lowest BCUT2D eigenvalue weighted by Gasteiger charge is -2.30. The molecule has 1 aromatic rings. The van der Waals surface area contributed by atoms with Crippen LogP contribution in [0.15, 0.2) is 24.3 Å². The third-order valence-corrected chi connectivity index (χ3v) is 3.73. The van der Waals surface area contributed by atoms with Crippen LogP contribution < -0.4 is 5.32 Å². The first-order valence-electron chi connectivity index (χ1n) is 7.11. The summed E-state index contributed by atoms with van der Waals surface area (Å²) in [5.41, 5.74) is 2.26. The van der Waals surface area contributed by atoms with Gasteiger partial charge < -0.3 is 5.32 Å². The van der Waals surface area contributed by atoms with Gasteiger partial charge in [-0.2, -0.15) is 5.26 Å². The van der Waals surface area contributed by atoms with Crippen LogP contribution >= 0.6 is 0 Å². The molecule has 0 aromatic heterocycles. The van der Waals surface area contributed by atoms with Crippen molar-refractivity contribution in [1.82, 2.24) is 10.2 Å². The topological polar surface area (TPSA) is 56.1 Å². The molecule has 1 fully saturated rings. The van der Waals surface area contributed by atoms with E-state index in [4.69, 9.17) is 5.26 Å². The van der Waals surface area contributed by atoms with E-state index in [1.54, 1.807) is 0 Å². The highest BCUT2D eigenvalue weighted by Crippen LogP contribution is 2.10. The molecule has 0 radical (unpaired) electrons. The van der Waals surface area contributed by atoms with Crippen molar-refractivity contribution in [2.45, 2.75) is 32.2 Å². The van der Waals surface area contributed by atoms with E-state index < -0.39 is 0 Å². The molecule has 0 unspecified atom stereocenters. The number of nitrogens with zero attached hydrogens (tertiary/aromatic N) is 2. The monoisotopic (exact) mass is 271 g/mol. The second-order valence-corrected chi connectivity index (χ2v) is 5.44. The molecule has 1 amide bonds. The predicted octanol–water partition coefficient (Wildman–Crippen LogP) is 1.64. The fourth-order valence-electron chi connectivity index (χ4n) is 2.51. The number of amides is 1. The van der Waals surface area contributed by atoms with Crippen molar-refractivity contribution < 1.29 is 4.79 Å². The minimum atomic E-state index is 0.0904. The lowest BCUT2D eigenvalue weighted by molar-refractivity contribution is -0.121. The molecule has 106 valence electrons. The minimum absolute atomic E-state index is 0.0904. The molecule has 20 heavy (non-hydrogen) atoms. The van der Waals surface area contributed by atoms with Gasteiger partial charge in [0, 0.05) is 19.1 Å². The summed E-state index contributed by atoms with van der Waals surface area (Å²) in [4.78, 5) is 14.1. The van der Waals surface area contributed by atoms with Crippen LogP contribution in [0.3, 0.4) is 0 Å². The molecule has 4 nitrogen and oxygen atoms in total. The number of rotatable bonds is 4. The first-order valence-corrected chi connectivity index (χ1v) is 7.11. The SMILES string of the molecule is Cc1ccc(CC(=O)NC2CCN(CC#N)CC2)cc1. The van der Waals surface area contributed by atoms with Gasteiger partial charge in [-0.15, -0.1) is 0 Å².